The van der Waals surface area contributed by atoms with Crippen LogP contribution in [0.2, 0.25) is 0 Å². The van der Waals surface area contributed by atoms with Crippen LogP contribution in [0, 0.1) is 17.8 Å². The minimum atomic E-state index is -2.64. The van der Waals surface area contributed by atoms with Gasteiger partial charge in [0.15, 0.2) is 0 Å². The van der Waals surface area contributed by atoms with E-state index in [0.717, 1.165) is 19.4 Å². The highest BCUT2D eigenvalue weighted by Gasteiger charge is 2.34. The minimum absolute atomic E-state index is 0.199. The number of unbranched alkanes of at least 4 members (excludes halogenated alkanes) is 4. The van der Waals surface area contributed by atoms with Gasteiger partial charge in [-0.1, -0.05) is 50.5 Å². The van der Waals surface area contributed by atoms with Crippen molar-refractivity contribution in [2.75, 3.05) is 6.61 Å². The van der Waals surface area contributed by atoms with E-state index >= 15 is 0 Å². The largest absolute Gasteiger partial charge is 0.477 e. The summed E-state index contributed by atoms with van der Waals surface area (Å²) in [6, 6.07) is 0. The average molecular weight is 411 g/mol. The molecule has 0 amide bonds. The maximum atomic E-state index is 10.7. The lowest BCUT2D eigenvalue weighted by Gasteiger charge is -2.22. The molecule has 0 radical (unpaired) electrons. The van der Waals surface area contributed by atoms with E-state index in [1.54, 1.807) is 0 Å². The first-order valence-corrected chi connectivity index (χ1v) is 11.4. The molecule has 3 N–H and O–H groups in total. The zero-order chi connectivity index (χ0) is 21.7. The quantitative estimate of drug-likeness (QED) is 0.199. The lowest BCUT2D eigenvalue weighted by molar-refractivity contribution is -0.205. The monoisotopic (exact) mass is 410 g/mol. The molecule has 0 aromatic heterocycles. The highest BCUT2D eigenvalue weighted by Crippen LogP contribution is 2.40. The van der Waals surface area contributed by atoms with Crippen molar-refractivity contribution in [3.63, 3.8) is 0 Å². The third-order valence-electron chi connectivity index (χ3n) is 5.83. The number of ether oxygens (including phenoxy) is 1. The van der Waals surface area contributed by atoms with Crippen LogP contribution in [-0.2, 0) is 9.53 Å². The van der Waals surface area contributed by atoms with Crippen molar-refractivity contribution in [1.82, 2.24) is 0 Å². The molecule has 5 nitrogen and oxygen atoms in total. The van der Waals surface area contributed by atoms with Crippen molar-refractivity contribution in [3.05, 3.63) is 24.3 Å². The van der Waals surface area contributed by atoms with E-state index in [-0.39, 0.29) is 12.5 Å². The number of aliphatic hydroxyl groups is 2. The molecule has 0 aromatic rings. The zero-order valence-corrected chi connectivity index (χ0v) is 18.6. The number of carbonyl (C=O) groups is 1. The van der Waals surface area contributed by atoms with Gasteiger partial charge in [0.25, 0.3) is 5.79 Å². The van der Waals surface area contributed by atoms with Crippen LogP contribution in [0.15, 0.2) is 24.3 Å². The van der Waals surface area contributed by atoms with Gasteiger partial charge in [0.1, 0.15) is 0 Å². The maximum absolute atomic E-state index is 10.7. The Balaban J connectivity index is 2.54. The summed E-state index contributed by atoms with van der Waals surface area (Å²) in [5.41, 5.74) is 0. The lowest BCUT2D eigenvalue weighted by atomic mass is 9.87. The van der Waals surface area contributed by atoms with Gasteiger partial charge in [-0.25, -0.2) is 4.79 Å². The van der Waals surface area contributed by atoms with Gasteiger partial charge in [0, 0.05) is 6.42 Å². The summed E-state index contributed by atoms with van der Waals surface area (Å²) in [6.07, 6.45) is 18.6. The molecule has 1 saturated carbocycles. The normalized spacial score (nSPS) is 23.0. The summed E-state index contributed by atoms with van der Waals surface area (Å²) < 4.78 is 5.90. The fourth-order valence-corrected chi connectivity index (χ4v) is 4.02. The number of hydrogen-bond donors (Lipinski definition) is 3. The van der Waals surface area contributed by atoms with Crippen LogP contribution in [-0.4, -0.2) is 39.8 Å². The molecule has 168 valence electrons. The SMILES string of the molecule is CCCCCC/C=C/[C@@H]1[C@@H](C/C=C\CCC(O)(O)C(=O)O)CC[C@H]1COC(C)C. The molecule has 0 aliphatic heterocycles. The summed E-state index contributed by atoms with van der Waals surface area (Å²) in [6.45, 7) is 7.19. The second-order valence-electron chi connectivity index (χ2n) is 8.70. The van der Waals surface area contributed by atoms with Gasteiger partial charge in [-0.2, -0.15) is 0 Å². The Morgan fingerprint density at radius 2 is 1.79 bits per heavy atom. The fraction of sp³-hybridized carbons (Fsp3) is 0.792. The van der Waals surface area contributed by atoms with E-state index in [1.807, 2.05) is 6.08 Å². The van der Waals surface area contributed by atoms with Gasteiger partial charge < -0.3 is 20.1 Å². The molecule has 0 saturated heterocycles. The van der Waals surface area contributed by atoms with Gasteiger partial charge in [-0.15, -0.1) is 0 Å². The molecule has 0 aromatic carbocycles. The smallest absolute Gasteiger partial charge is 0.364 e. The Bertz CT molecular complexity index is 509. The number of hydrogen-bond acceptors (Lipinski definition) is 4. The van der Waals surface area contributed by atoms with Crippen LogP contribution < -0.4 is 0 Å². The standard InChI is InChI=1S/C24H42O5/c1-4-5-6-7-8-11-14-22-20(15-16-21(22)18-29-19(2)3)13-10-9-12-17-24(27,28)23(25)26/h9-11,14,19-22,27-28H,4-8,12-13,15-18H2,1-3H3,(H,25,26)/b10-9-,14-11+/t20-,21-,22+/m0/s1. The molecular weight excluding hydrogens is 368 g/mol. The molecule has 3 atom stereocenters. The van der Waals surface area contributed by atoms with Crippen LogP contribution in [0.25, 0.3) is 0 Å². The highest BCUT2D eigenvalue weighted by atomic mass is 16.5. The summed E-state index contributed by atoms with van der Waals surface area (Å²) in [7, 11) is 0. The molecular formula is C24H42O5. The number of allylic oxidation sites excluding steroid dienone is 4. The van der Waals surface area contributed by atoms with Crippen molar-refractivity contribution in [2.45, 2.75) is 96.9 Å². The lowest BCUT2D eigenvalue weighted by Crippen LogP contribution is -2.37. The number of carboxylic acid groups (broad SMARTS) is 1. The fourth-order valence-electron chi connectivity index (χ4n) is 4.02. The van der Waals surface area contributed by atoms with Crippen molar-refractivity contribution in [3.8, 4) is 0 Å². The first kappa shape index (κ1) is 25.9. The molecule has 1 rings (SSSR count). The van der Waals surface area contributed by atoms with Crippen LogP contribution in [0.1, 0.15) is 85.0 Å². The Morgan fingerprint density at radius 3 is 2.45 bits per heavy atom. The summed E-state index contributed by atoms with van der Waals surface area (Å²) in [5, 5.41) is 27.4. The van der Waals surface area contributed by atoms with E-state index in [2.05, 4.69) is 39.0 Å². The molecule has 0 spiro atoms. The molecule has 0 unspecified atom stereocenters. The van der Waals surface area contributed by atoms with Crippen molar-refractivity contribution < 1.29 is 24.9 Å². The topological polar surface area (TPSA) is 87.0 Å². The van der Waals surface area contributed by atoms with Crippen molar-refractivity contribution >= 4 is 5.97 Å². The molecule has 1 fully saturated rings. The molecule has 1 aliphatic rings. The molecule has 0 bridgehead atoms. The summed E-state index contributed by atoms with van der Waals surface area (Å²) in [4.78, 5) is 10.7. The Hall–Kier alpha value is -1.17. The Morgan fingerprint density at radius 1 is 1.07 bits per heavy atom. The second kappa shape index (κ2) is 13.9. The number of carboxylic acids is 1. The van der Waals surface area contributed by atoms with Crippen LogP contribution in [0.3, 0.4) is 0 Å². The molecule has 29 heavy (non-hydrogen) atoms. The van der Waals surface area contributed by atoms with E-state index in [0.29, 0.717) is 24.2 Å². The third kappa shape index (κ3) is 10.4. The number of aliphatic carboxylic acids is 1. The van der Waals surface area contributed by atoms with E-state index in [4.69, 9.17) is 9.84 Å². The first-order valence-electron chi connectivity index (χ1n) is 11.4. The summed E-state index contributed by atoms with van der Waals surface area (Å²) >= 11 is 0. The third-order valence-corrected chi connectivity index (χ3v) is 5.83. The van der Waals surface area contributed by atoms with Crippen LogP contribution >= 0.6 is 0 Å². The Kier molecular flexibility index (Phi) is 12.4. The van der Waals surface area contributed by atoms with Crippen molar-refractivity contribution in [1.29, 1.82) is 0 Å². The first-order chi connectivity index (χ1) is 13.8. The Labute approximate surface area is 176 Å². The highest BCUT2D eigenvalue weighted by molar-refractivity contribution is 5.74. The number of rotatable bonds is 15. The zero-order valence-electron chi connectivity index (χ0n) is 18.6. The van der Waals surface area contributed by atoms with Crippen LogP contribution in [0.5, 0.6) is 0 Å². The van der Waals surface area contributed by atoms with Gasteiger partial charge in [-0.05, 0) is 70.1 Å². The molecule has 5 heteroatoms. The van der Waals surface area contributed by atoms with Crippen molar-refractivity contribution in [2.24, 2.45) is 17.8 Å². The summed E-state index contributed by atoms with van der Waals surface area (Å²) in [5.74, 6) is -2.61. The average Bonchev–Trinajstić information content (AvgIpc) is 3.04. The predicted octanol–water partition coefficient (Wildman–Crippen LogP) is 5.07. The minimum Gasteiger partial charge on any atom is -0.477 e. The molecule has 0 heterocycles. The van der Waals surface area contributed by atoms with Gasteiger partial charge >= 0.3 is 5.97 Å². The van der Waals surface area contributed by atoms with E-state index in [1.165, 1.54) is 38.5 Å². The molecule has 1 aliphatic carbocycles. The second-order valence-corrected chi connectivity index (χ2v) is 8.70. The predicted molar refractivity (Wildman–Crippen MR) is 116 cm³/mol. The van der Waals surface area contributed by atoms with Gasteiger partial charge in [0.05, 0.1) is 12.7 Å². The van der Waals surface area contributed by atoms with Gasteiger partial charge in [-0.3, -0.25) is 0 Å². The maximum Gasteiger partial charge on any atom is 0.364 e. The van der Waals surface area contributed by atoms with E-state index < -0.39 is 11.8 Å². The van der Waals surface area contributed by atoms with Gasteiger partial charge in [0.2, 0.25) is 0 Å². The van der Waals surface area contributed by atoms with E-state index in [9.17, 15) is 15.0 Å². The van der Waals surface area contributed by atoms with Crippen LogP contribution in [0.4, 0.5) is 0 Å².